The van der Waals surface area contributed by atoms with E-state index in [0.717, 1.165) is 26.1 Å². The summed E-state index contributed by atoms with van der Waals surface area (Å²) in [5.74, 6) is -3.01. The van der Waals surface area contributed by atoms with Gasteiger partial charge in [0, 0.05) is 83.9 Å². The van der Waals surface area contributed by atoms with E-state index in [-0.39, 0.29) is 379 Å². The van der Waals surface area contributed by atoms with Crippen LogP contribution < -0.4 is 378 Å². The summed E-state index contributed by atoms with van der Waals surface area (Å²) in [7, 11) is -35.5. The topological polar surface area (TPSA) is 1020 Å². The predicted octanol–water partition coefficient (Wildman–Crippen LogP) is -46.4. The largest absolute Gasteiger partial charge is 1.00 e. The Balaban J connectivity index is -0.000000320. The normalized spacial score (nSPS) is 31.9. The number of ether oxygens (including phenoxy) is 20. The Morgan fingerprint density at radius 3 is 0.685 bits per heavy atom. The first-order valence-corrected chi connectivity index (χ1v) is 47.6. The Morgan fingerprint density at radius 1 is 0.308 bits per heavy atom. The fourth-order valence-electron chi connectivity index (χ4n) is 12.4. The van der Waals surface area contributed by atoms with E-state index in [9.17, 15) is 57.0 Å². The number of hydrogen-bond acceptors (Lipinski definition) is 61. The van der Waals surface area contributed by atoms with E-state index < -0.39 is 305 Å². The summed E-state index contributed by atoms with van der Waals surface area (Å²) in [5, 5.41) is 10.2. The molecule has 12 unspecified atom stereocenters. The van der Waals surface area contributed by atoms with E-state index in [1.54, 1.807) is 27.7 Å². The van der Waals surface area contributed by atoms with Crippen LogP contribution in [0.25, 0.3) is 0 Å². The van der Waals surface area contributed by atoms with Gasteiger partial charge in [0.15, 0.2) is 25.2 Å². The molecule has 85 heteroatoms. The van der Waals surface area contributed by atoms with Gasteiger partial charge in [-0.2, -0.15) is 64.8 Å². The number of aliphatic hydroxyl groups is 1. The van der Waals surface area contributed by atoms with E-state index in [1.165, 1.54) is 67.3 Å². The number of carbonyl (C=O) groups excluding carboxylic acids is 8. The van der Waals surface area contributed by atoms with E-state index in [4.69, 9.17) is 226 Å². The van der Waals surface area contributed by atoms with Crippen molar-refractivity contribution in [1.82, 2.24) is 0 Å². The maximum absolute atomic E-state index is 11.9. The second-order valence-corrected chi connectivity index (χ2v) is 34.8. The number of rotatable bonds is 35. The molecule has 0 radical (unpaired) electrons. The first-order valence-electron chi connectivity index (χ1n) is 36.8. The van der Waals surface area contributed by atoms with Crippen LogP contribution in [0.1, 0.15) is 53.9 Å². The minimum Gasteiger partial charge on any atom is -0.726 e. The summed E-state index contributed by atoms with van der Waals surface area (Å²) in [4.78, 5) is 65.0. The van der Waals surface area contributed by atoms with Gasteiger partial charge in [0.2, 0.25) is 83.2 Å². The van der Waals surface area contributed by atoms with Crippen LogP contribution in [0.5, 0.6) is 0 Å². The van der Waals surface area contributed by atoms with E-state index >= 15 is 0 Å². The average molecular weight is 2390 g/mol. The number of methoxy groups -OCH3 is 4. The van der Waals surface area contributed by atoms with Crippen molar-refractivity contribution >= 4 is 108 Å². The van der Waals surface area contributed by atoms with Crippen molar-refractivity contribution in [1.29, 1.82) is 0 Å². The number of hydrogen-bond donors (Lipinski definition) is 9. The molecule has 0 aromatic heterocycles. The second-order valence-electron chi connectivity index (χ2n) is 27.1. The molecule has 0 aromatic carbocycles. The van der Waals surface area contributed by atoms with E-state index in [1.807, 2.05) is 6.92 Å². The monoisotopic (exact) mass is 2390 g/mol. The van der Waals surface area contributed by atoms with Gasteiger partial charge in [0.05, 0.1) is 75.0 Å². The molecular weight excluding hydrogens is 2300 g/mol. The minimum atomic E-state index is -5.35. The zero-order valence-corrected chi connectivity index (χ0v) is 113. The molecule has 0 aromatic rings. The molecule has 0 spiro atoms. The zero-order valence-electron chi connectivity index (χ0n) is 82.4. The summed E-state index contributed by atoms with van der Waals surface area (Å²) in [6.45, 7) is 10.0. The van der Waals surface area contributed by atoms with Crippen molar-refractivity contribution in [3.63, 3.8) is 0 Å². The number of nitrogens with two attached hydrogens (primary N) is 4. The number of unbranched alkanes of at least 4 members (excludes halogenated alkanes) is 2. The summed E-state index contributed by atoms with van der Waals surface area (Å²) < 4.78 is 410. The molecule has 0 aliphatic carbocycles. The van der Waals surface area contributed by atoms with Gasteiger partial charge in [0.1, 0.15) is 24.4 Å². The van der Waals surface area contributed by atoms with Crippen molar-refractivity contribution < 1.29 is 632 Å². The van der Waals surface area contributed by atoms with Crippen LogP contribution in [0.4, 0.5) is 0 Å². The van der Waals surface area contributed by atoms with Crippen LogP contribution in [0.2, 0.25) is 0 Å². The van der Waals surface area contributed by atoms with Gasteiger partial charge < -0.3 is 159 Å². The Hall–Kier alpha value is 7.48. The minimum absolute atomic E-state index is 0. The van der Waals surface area contributed by atoms with Crippen molar-refractivity contribution in [3.05, 3.63) is 52.1 Å². The summed E-state index contributed by atoms with van der Waals surface area (Å²) in [6.07, 6.45) is -19.7. The van der Waals surface area contributed by atoms with Gasteiger partial charge in [-0.1, -0.05) is 71.9 Å². The fraction of sp³-hybridized carbons (Fsp3) is 0.803. The number of aliphatic hydroxyl groups excluding tert-OH is 1. The Bertz CT molecular complexity index is 4360. The molecular formula is C61H96N4Na12O61S8-4. The van der Waals surface area contributed by atoms with Crippen molar-refractivity contribution in [2.75, 3.05) is 61.5 Å². The second kappa shape index (κ2) is 91.6. The van der Waals surface area contributed by atoms with Crippen molar-refractivity contribution in [2.24, 2.45) is 46.6 Å². The average Bonchev–Trinajstić information content (AvgIpc) is 0.784. The van der Waals surface area contributed by atoms with Crippen LogP contribution in [-0.4, -0.2) is 385 Å². The Kier molecular flexibility index (Phi) is 113. The first-order chi connectivity index (χ1) is 61.7. The molecule has 0 saturated carbocycles. The van der Waals surface area contributed by atoms with Crippen LogP contribution in [0.3, 0.4) is 0 Å². The molecule has 8 aliphatic rings. The summed E-state index contributed by atoms with van der Waals surface area (Å²) in [6, 6.07) is -4.03. The van der Waals surface area contributed by atoms with Gasteiger partial charge in [-0.3, -0.25) is 34.9 Å². The molecule has 8 aliphatic heterocycles. The maximum Gasteiger partial charge on any atom is 1.00 e. The quantitative estimate of drug-likeness (QED) is 0.00935. The molecule has 8 fully saturated rings. The van der Waals surface area contributed by atoms with Gasteiger partial charge in [-0.05, 0) is 30.8 Å². The van der Waals surface area contributed by atoms with E-state index in [0.29, 0.717) is 13.0 Å². The third-order valence-electron chi connectivity index (χ3n) is 18.2. The van der Waals surface area contributed by atoms with Gasteiger partial charge in [-0.25, -0.2) is 93.0 Å². The van der Waals surface area contributed by atoms with Gasteiger partial charge in [0.25, 0.3) is 0 Å². The third-order valence-corrected chi connectivity index (χ3v) is 19.9. The van der Waals surface area contributed by atoms with Gasteiger partial charge in [-0.15, -0.1) is 0 Å². The predicted molar refractivity (Wildman–Crippen MR) is 398 cm³/mol. The van der Waals surface area contributed by atoms with Crippen molar-refractivity contribution in [3.8, 4) is 0 Å². The van der Waals surface area contributed by atoms with Crippen LogP contribution in [-0.2, 0) is 233 Å². The molecule has 13 N–H and O–H groups in total. The Morgan fingerprint density at radius 2 is 0.493 bits per heavy atom. The fourth-order valence-corrected chi connectivity index (χ4v) is 13.6. The smallest absolute Gasteiger partial charge is 0.726 e. The van der Waals surface area contributed by atoms with E-state index in [2.05, 4.69) is 16.7 Å². The van der Waals surface area contributed by atoms with Crippen LogP contribution in [0.15, 0.2) is 0 Å². The maximum atomic E-state index is 11.9. The SMILES string of the molecule is CCCCCO[C@@H]1OC(COS(=O)(=O)[O-])[C@@H](O[C@H]2[CH-]C(OC)[C@@H](O[C@H]3OC(COS(=O)(=O)[O-])[C@@H](O[C@H]4[CH-]C(OC)[C@@H](O[C@H]5OC(COS(=O)(=O)[O-])[C@@H](O[C@H]6[CH-]C(OC)[C@@H](O[C@@H]7OC(COS(=O)(=O)[O-])[C@@H](O[C@H]8[CH-]C(OC)[C@H](O)[CH-]O8)[C@H](C)C7N)[CH-]O6)[C@H](C)C5N)[CH-]O4)[C@H](C)C3N)[CH-]O2)[C@H](C)C1N.O=C=O.O=C=O.O=C=O.O=C=O.O=S(=O)([O-])O.O=S(=O)([O-])O.O=S(=O)([O-])O.O=S(=O)([O-])O.[Na+].[Na+].[Na+].[Na+].[Na+].[Na+].[Na+].[Na+].[Na+].[Na+].[Na+].[Na+]. The summed E-state index contributed by atoms with van der Waals surface area (Å²) in [5.41, 5.74) is 26.7. The standard InChI is InChI=1S/C57H96N4O37S4.4CO2.12Na.4H2O4S/c1-10-11-12-13-79-54-46(58)26(2)50(38(91-54)22-84-99(63,64)65)96-43-15-32(76-7)35(19-81-43)89-56-48(60)28(4)52(40(93-56)24-86-101(69,70)71)98-45-17-34(78-9)37(21-83-45)90-57-49(61)29(5)53(41(94-57)25-87-102(72,73)74)97-44-16-33(77-8)36(20-82-44)88-55-47(59)27(3)51(39(92-55)23-85-100(66,67)68)95-42-14-31(75-6)30(62)18-80-42;4*2-1-3;;;;;;;;;;;;;4*1-5(2,3)4/h14-21,26-57,62H,10-13,22-25,58-61H2,1-9H3,(H,63,64,65)(H,66,67,68)(H,69,70,71)(H,72,73,74);;;;;;;;;;;;;;;;;4*(H2,1,2,3,4)/q-8;;;;;12*+1;;;;/p-8/t26-,27-,28-,29-,30-,31?,32?,33?,34?,35+,36+,37+,38?,39?,40?,41?,42+,43+,44+,45+,46?,47?,48?,49?,50+,51+,52+,53+,54-,55-,56+,57+;;;;;;;;;;;;;;;;;;;;/m1..................../s1. The molecule has 0 amide bonds. The van der Waals surface area contributed by atoms with Crippen molar-refractivity contribution in [2.45, 2.75) is 226 Å². The molecule has 65 nitrogen and oxygen atoms in total. The van der Waals surface area contributed by atoms with Gasteiger partial charge >= 0.3 is 379 Å². The Labute approximate surface area is 1110 Å². The molecule has 8 heterocycles. The first kappa shape index (κ1) is 181. The molecule has 32 atom stereocenters. The summed E-state index contributed by atoms with van der Waals surface area (Å²) >= 11 is 0. The molecule has 8 saturated heterocycles. The molecule has 8 rings (SSSR count). The van der Waals surface area contributed by atoms with Crippen LogP contribution in [0, 0.1) is 75.8 Å². The zero-order chi connectivity index (χ0) is 104. The molecule has 790 valence electrons. The molecule has 0 bridgehead atoms. The molecule has 146 heavy (non-hydrogen) atoms. The van der Waals surface area contributed by atoms with Crippen LogP contribution >= 0.6 is 0 Å². The third kappa shape index (κ3) is 81.2.